The average Bonchev–Trinajstić information content (AvgIpc) is 4.06. The van der Waals surface area contributed by atoms with E-state index < -0.39 is 0 Å². The second-order valence-corrected chi connectivity index (χ2v) is 24.9. The molecule has 2 aromatic heterocycles. The summed E-state index contributed by atoms with van der Waals surface area (Å²) < 4.78 is 15.0. The van der Waals surface area contributed by atoms with Crippen molar-refractivity contribution in [1.29, 1.82) is 0 Å². The fourth-order valence-corrected chi connectivity index (χ4v) is 18.6. The van der Waals surface area contributed by atoms with Gasteiger partial charge in [-0.15, -0.1) is 0 Å². The largest absolute Gasteiger partial charge is 0.368 e. The Balaban J connectivity index is 0.000000138. The second kappa shape index (κ2) is 15.8. The summed E-state index contributed by atoms with van der Waals surface area (Å²) in [4.78, 5) is 13.7. The standard InChI is InChI=1S/C30H40N2O.C30H36N2O.CH4/c2*1-28-12-10-24-17-23-6-7-25(32(2)3)18-29(23)13-14-30(24,33-29)27(28)9-8-26(28)21-5-4-20-11-15-31-19-22(20)16-21;/h4-5,11,15-16,19,23-27H,6-10,12-14,17-18H2,1-3H3;4-5,10-11,15-17,19,25-27H,6-9,12-14,18H2,1-3H3;1H4/t23?,24?,25-,26-,27-,28-,29-,30-;25-,26-,27-,28-,29-,30-;/m11./s1. The van der Waals surface area contributed by atoms with Crippen molar-refractivity contribution < 1.29 is 9.47 Å². The lowest BCUT2D eigenvalue weighted by atomic mass is 9.53. The zero-order chi connectivity index (χ0) is 44.8. The lowest BCUT2D eigenvalue weighted by molar-refractivity contribution is -0.260. The molecule has 6 heterocycles. The summed E-state index contributed by atoms with van der Waals surface area (Å²) in [6, 6.07) is 19.9. The van der Waals surface area contributed by atoms with Crippen LogP contribution < -0.4 is 0 Å². The molecule has 67 heavy (non-hydrogen) atoms. The summed E-state index contributed by atoms with van der Waals surface area (Å²) in [5, 5.41) is 5.16. The maximum atomic E-state index is 7.56. The molecule has 0 radical (unpaired) electrons. The first-order chi connectivity index (χ1) is 31.9. The van der Waals surface area contributed by atoms with E-state index >= 15 is 0 Å². The normalized spacial score (nSPS) is 43.2. The van der Waals surface area contributed by atoms with Crippen LogP contribution in [0.15, 0.2) is 96.6 Å². The molecule has 3 saturated heterocycles. The van der Waals surface area contributed by atoms with Crippen LogP contribution in [0.2, 0.25) is 0 Å². The quantitative estimate of drug-likeness (QED) is 0.203. The molecule has 2 aromatic carbocycles. The van der Waals surface area contributed by atoms with Gasteiger partial charge in [0.2, 0.25) is 0 Å². The van der Waals surface area contributed by atoms with Gasteiger partial charge in [0.1, 0.15) is 0 Å². The second-order valence-electron chi connectivity index (χ2n) is 24.9. The number of aromatic nitrogens is 2. The molecule has 4 aliphatic heterocycles. The summed E-state index contributed by atoms with van der Waals surface area (Å²) >= 11 is 0. The van der Waals surface area contributed by atoms with Gasteiger partial charge in [-0.25, -0.2) is 0 Å². The van der Waals surface area contributed by atoms with Crippen LogP contribution in [0.4, 0.5) is 0 Å². The van der Waals surface area contributed by atoms with Crippen LogP contribution in [0.3, 0.4) is 0 Å². The SMILES string of the molecule is C.CN(C)[C@@H]1CCC2=CC3=CC[C@]4(C)[C@@H](c5ccc6ccncc6c5)CC[C@H]4[C@@]34CC[C@]2(C1)O4.CN(C)[C@@H]1CCC2CC3CC[C@]4(C)[C@@H](c5ccc6ccncc6c5)CC[C@H]4[C@@]34CC[C@]2(C1)O4. The van der Waals surface area contributed by atoms with Crippen LogP contribution in [0.5, 0.6) is 0 Å². The molecule has 14 atom stereocenters. The Morgan fingerprint density at radius 3 is 1.97 bits per heavy atom. The van der Waals surface area contributed by atoms with Gasteiger partial charge in [-0.05, 0) is 247 Å². The molecule has 0 N–H and O–H groups in total. The van der Waals surface area contributed by atoms with E-state index in [4.69, 9.17) is 9.47 Å². The summed E-state index contributed by atoms with van der Waals surface area (Å²) in [7, 11) is 9.03. The summed E-state index contributed by atoms with van der Waals surface area (Å²) in [5.41, 5.74) is 7.06. The van der Waals surface area contributed by atoms with E-state index in [1.807, 2.05) is 24.8 Å². The van der Waals surface area contributed by atoms with Gasteiger partial charge in [-0.2, -0.15) is 0 Å². The summed E-state index contributed by atoms with van der Waals surface area (Å²) in [5.74, 6) is 4.18. The number of rotatable bonds is 4. The predicted molar refractivity (Wildman–Crippen MR) is 273 cm³/mol. The van der Waals surface area contributed by atoms with E-state index in [1.165, 1.54) is 148 Å². The van der Waals surface area contributed by atoms with Crippen molar-refractivity contribution in [2.75, 3.05) is 28.2 Å². The first-order valence-corrected chi connectivity index (χ1v) is 26.7. The molecular formula is C61H80N4O2. The van der Waals surface area contributed by atoms with Crippen LogP contribution in [0.1, 0.15) is 160 Å². The fourth-order valence-electron chi connectivity index (χ4n) is 18.6. The maximum Gasteiger partial charge on any atom is 0.0974 e. The topological polar surface area (TPSA) is 50.7 Å². The Bertz CT molecular complexity index is 2640. The maximum absolute atomic E-state index is 7.56. The molecular weight excluding hydrogens is 821 g/mol. The molecule has 6 nitrogen and oxygen atoms in total. The van der Waals surface area contributed by atoms with E-state index in [1.54, 1.807) is 11.1 Å². The molecule has 4 spiro atoms. The molecule has 6 heteroatoms. The first-order valence-electron chi connectivity index (χ1n) is 26.7. The predicted octanol–water partition coefficient (Wildman–Crippen LogP) is 13.6. The third-order valence-electron chi connectivity index (χ3n) is 22.0. The number of hydrogen-bond donors (Lipinski definition) is 0. The summed E-state index contributed by atoms with van der Waals surface area (Å²) in [6.07, 6.45) is 36.3. The Morgan fingerprint density at radius 1 is 0.597 bits per heavy atom. The molecule has 4 bridgehead atoms. The highest BCUT2D eigenvalue weighted by atomic mass is 16.5. The molecule has 8 fully saturated rings. The third kappa shape index (κ3) is 6.46. The zero-order valence-corrected chi connectivity index (χ0v) is 41.0. The number of benzene rings is 2. The van der Waals surface area contributed by atoms with Gasteiger partial charge in [0.05, 0.1) is 22.4 Å². The van der Waals surface area contributed by atoms with Gasteiger partial charge in [0.25, 0.3) is 0 Å². The van der Waals surface area contributed by atoms with Gasteiger partial charge < -0.3 is 19.3 Å². The minimum Gasteiger partial charge on any atom is -0.368 e. The minimum atomic E-state index is -0.0577. The van der Waals surface area contributed by atoms with Gasteiger partial charge in [-0.3, -0.25) is 9.97 Å². The molecule has 6 aliphatic carbocycles. The Morgan fingerprint density at radius 2 is 1.27 bits per heavy atom. The van der Waals surface area contributed by atoms with Crippen molar-refractivity contribution in [2.45, 2.75) is 183 Å². The van der Waals surface area contributed by atoms with Crippen molar-refractivity contribution in [1.82, 2.24) is 19.8 Å². The molecule has 2 unspecified atom stereocenters. The van der Waals surface area contributed by atoms with Crippen LogP contribution in [-0.2, 0) is 9.47 Å². The van der Waals surface area contributed by atoms with Gasteiger partial charge in [0.15, 0.2) is 0 Å². The Labute approximate surface area is 402 Å². The van der Waals surface area contributed by atoms with Gasteiger partial charge >= 0.3 is 0 Å². The number of nitrogens with zero attached hydrogens (tertiary/aromatic N) is 4. The van der Waals surface area contributed by atoms with Crippen molar-refractivity contribution in [2.24, 2.45) is 34.5 Å². The van der Waals surface area contributed by atoms with Crippen molar-refractivity contribution in [3.63, 3.8) is 0 Å². The lowest BCUT2D eigenvalue weighted by Gasteiger charge is -2.61. The fraction of sp³-hybridized carbons (Fsp3) is 0.639. The Hall–Kier alpha value is -3.42. The van der Waals surface area contributed by atoms with Gasteiger partial charge in [0, 0.05) is 47.6 Å². The number of fused-ring (bicyclic) bond motifs is 4. The Kier molecular flexibility index (Phi) is 10.6. The van der Waals surface area contributed by atoms with E-state index in [2.05, 4.69) is 122 Å². The number of ether oxygens (including phenoxy) is 2. The molecule has 356 valence electrons. The highest BCUT2D eigenvalue weighted by Crippen LogP contribution is 2.73. The lowest BCUT2D eigenvalue weighted by Crippen LogP contribution is -2.62. The smallest absolute Gasteiger partial charge is 0.0974 e. The van der Waals surface area contributed by atoms with E-state index in [0.717, 1.165) is 17.8 Å². The average molecular weight is 901 g/mol. The number of allylic oxidation sites excluding steroid dienone is 1. The number of pyridine rings is 2. The van der Waals surface area contributed by atoms with Crippen LogP contribution in [0.25, 0.3) is 21.5 Å². The van der Waals surface area contributed by atoms with Crippen molar-refractivity contribution >= 4 is 21.5 Å². The van der Waals surface area contributed by atoms with E-state index in [9.17, 15) is 0 Å². The van der Waals surface area contributed by atoms with Crippen molar-refractivity contribution in [3.05, 3.63) is 108 Å². The van der Waals surface area contributed by atoms with Crippen LogP contribution in [-0.4, -0.2) is 82.4 Å². The van der Waals surface area contributed by atoms with E-state index in [0.29, 0.717) is 35.3 Å². The molecule has 5 saturated carbocycles. The van der Waals surface area contributed by atoms with Crippen LogP contribution >= 0.6 is 0 Å². The summed E-state index contributed by atoms with van der Waals surface area (Å²) in [6.45, 7) is 5.21. The third-order valence-corrected chi connectivity index (χ3v) is 22.0. The molecule has 14 rings (SSSR count). The zero-order valence-electron chi connectivity index (χ0n) is 41.0. The van der Waals surface area contributed by atoms with E-state index in [-0.39, 0.29) is 35.2 Å². The van der Waals surface area contributed by atoms with Crippen molar-refractivity contribution in [3.8, 4) is 0 Å². The monoisotopic (exact) mass is 901 g/mol. The molecule has 4 aromatic rings. The minimum absolute atomic E-state index is 0. The highest BCUT2D eigenvalue weighted by Gasteiger charge is 2.71. The number of hydrogen-bond acceptors (Lipinski definition) is 6. The van der Waals surface area contributed by atoms with Crippen LogP contribution in [0, 0.1) is 34.5 Å². The van der Waals surface area contributed by atoms with Gasteiger partial charge in [-0.1, -0.05) is 57.7 Å². The molecule has 10 aliphatic rings. The first kappa shape index (κ1) is 44.8. The molecule has 0 amide bonds. The highest BCUT2D eigenvalue weighted by molar-refractivity contribution is 5.83.